The minimum absolute atomic E-state index is 0.0110. The lowest BCUT2D eigenvalue weighted by Gasteiger charge is -2.32. The summed E-state index contributed by atoms with van der Waals surface area (Å²) in [5, 5.41) is 10.5. The van der Waals surface area contributed by atoms with Gasteiger partial charge in [-0.3, -0.25) is 14.3 Å². The quantitative estimate of drug-likeness (QED) is 0.437. The van der Waals surface area contributed by atoms with E-state index in [2.05, 4.69) is 10.0 Å². The van der Waals surface area contributed by atoms with Gasteiger partial charge in [-0.25, -0.2) is 13.2 Å². The van der Waals surface area contributed by atoms with Gasteiger partial charge in [-0.05, 0) is 67.3 Å². The van der Waals surface area contributed by atoms with Crippen molar-refractivity contribution < 1.29 is 41.1 Å². The molecule has 0 aromatic heterocycles. The Hall–Kier alpha value is -3.32. The highest BCUT2D eigenvalue weighted by Crippen LogP contribution is 2.22. The molecule has 1 aliphatic rings. The lowest BCUT2D eigenvalue weighted by molar-refractivity contribution is -0.192. The number of rotatable bonds is 7. The molecular formula is C25H29ClF3N3O6S. The highest BCUT2D eigenvalue weighted by molar-refractivity contribution is 7.92. The smallest absolute Gasteiger partial charge is 0.475 e. The summed E-state index contributed by atoms with van der Waals surface area (Å²) in [5.74, 6) is -2.78. The van der Waals surface area contributed by atoms with Crippen LogP contribution in [0.1, 0.15) is 37.0 Å². The Kier molecular flexibility index (Phi) is 11.2. The second-order valence-electron chi connectivity index (χ2n) is 9.17. The van der Waals surface area contributed by atoms with E-state index in [4.69, 9.17) is 21.5 Å². The molecule has 3 rings (SSSR count). The molecule has 0 radical (unpaired) electrons. The molecule has 3 N–H and O–H groups in total. The third-order valence-electron chi connectivity index (χ3n) is 5.51. The Morgan fingerprint density at radius 1 is 1.08 bits per heavy atom. The number of carbonyl (C=O) groups excluding carboxylic acids is 2. The van der Waals surface area contributed by atoms with E-state index in [0.717, 1.165) is 12.8 Å². The third-order valence-corrected chi connectivity index (χ3v) is 7.16. The number of alkyl halides is 3. The van der Waals surface area contributed by atoms with Gasteiger partial charge in [-0.2, -0.15) is 13.2 Å². The molecule has 2 aromatic rings. The van der Waals surface area contributed by atoms with E-state index in [1.165, 1.54) is 24.3 Å². The van der Waals surface area contributed by atoms with E-state index in [1.54, 1.807) is 29.2 Å². The van der Waals surface area contributed by atoms with E-state index in [1.807, 2.05) is 13.8 Å². The number of aliphatic carboxylic acids is 1. The van der Waals surface area contributed by atoms with Gasteiger partial charge in [-0.15, -0.1) is 0 Å². The summed E-state index contributed by atoms with van der Waals surface area (Å²) in [7, 11) is -3.76. The van der Waals surface area contributed by atoms with Crippen LogP contribution in [0.15, 0.2) is 53.4 Å². The Labute approximate surface area is 229 Å². The van der Waals surface area contributed by atoms with Gasteiger partial charge in [0, 0.05) is 35.9 Å². The van der Waals surface area contributed by atoms with Gasteiger partial charge in [0.25, 0.3) is 15.9 Å². The first-order valence-corrected chi connectivity index (χ1v) is 13.7. The third kappa shape index (κ3) is 10.1. The molecule has 214 valence electrons. The summed E-state index contributed by atoms with van der Waals surface area (Å²) in [4.78, 5) is 36.0. The zero-order valence-electron chi connectivity index (χ0n) is 21.2. The van der Waals surface area contributed by atoms with Crippen molar-refractivity contribution in [2.45, 2.75) is 37.8 Å². The van der Waals surface area contributed by atoms with Crippen LogP contribution in [0.5, 0.6) is 0 Å². The first-order valence-electron chi connectivity index (χ1n) is 11.9. The number of hydrogen-bond acceptors (Lipinski definition) is 5. The first kappa shape index (κ1) is 31.9. The first-order chi connectivity index (χ1) is 18.1. The number of sulfonamides is 1. The van der Waals surface area contributed by atoms with Gasteiger partial charge in [0.05, 0.1) is 10.8 Å². The van der Waals surface area contributed by atoms with Crippen molar-refractivity contribution in [3.05, 3.63) is 59.1 Å². The summed E-state index contributed by atoms with van der Waals surface area (Å²) in [6.45, 7) is 5.68. The number of benzene rings is 2. The highest BCUT2D eigenvalue weighted by Gasteiger charge is 2.38. The van der Waals surface area contributed by atoms with Crippen LogP contribution in [0.2, 0.25) is 5.02 Å². The summed E-state index contributed by atoms with van der Waals surface area (Å²) < 4.78 is 59.2. The molecule has 2 amide bonds. The molecule has 0 aliphatic carbocycles. The van der Waals surface area contributed by atoms with Crippen molar-refractivity contribution in [2.75, 3.05) is 24.4 Å². The molecule has 1 atom stereocenters. The van der Waals surface area contributed by atoms with Crippen LogP contribution in [0.3, 0.4) is 0 Å². The zero-order chi connectivity index (χ0) is 29.4. The van der Waals surface area contributed by atoms with Crippen LogP contribution < -0.4 is 10.0 Å². The van der Waals surface area contributed by atoms with Crippen LogP contribution in [0.4, 0.5) is 18.9 Å². The number of anilines is 1. The molecule has 1 fully saturated rings. The van der Waals surface area contributed by atoms with E-state index >= 15 is 0 Å². The van der Waals surface area contributed by atoms with E-state index in [0.29, 0.717) is 41.8 Å². The summed E-state index contributed by atoms with van der Waals surface area (Å²) in [6.07, 6.45) is -3.55. The van der Waals surface area contributed by atoms with Crippen LogP contribution in [0, 0.1) is 11.8 Å². The van der Waals surface area contributed by atoms with Crippen molar-refractivity contribution in [1.82, 2.24) is 10.2 Å². The number of piperidine rings is 1. The molecule has 39 heavy (non-hydrogen) atoms. The average Bonchev–Trinajstić information content (AvgIpc) is 2.87. The van der Waals surface area contributed by atoms with Crippen molar-refractivity contribution in [3.8, 4) is 0 Å². The monoisotopic (exact) mass is 591 g/mol. The maximum atomic E-state index is 12.9. The van der Waals surface area contributed by atoms with Crippen LogP contribution in [-0.4, -0.2) is 62.0 Å². The number of halogens is 4. The zero-order valence-corrected chi connectivity index (χ0v) is 22.7. The number of likely N-dealkylation sites (tertiary alicyclic amines) is 1. The van der Waals surface area contributed by atoms with Gasteiger partial charge in [0.2, 0.25) is 5.91 Å². The van der Waals surface area contributed by atoms with Gasteiger partial charge in [-0.1, -0.05) is 25.4 Å². The number of nitrogens with one attached hydrogen (secondary N) is 2. The number of carbonyl (C=O) groups is 3. The second-order valence-corrected chi connectivity index (χ2v) is 11.3. The molecule has 1 heterocycles. The fraction of sp³-hybridized carbons (Fsp3) is 0.400. The Bertz CT molecular complexity index is 1250. The van der Waals surface area contributed by atoms with Crippen molar-refractivity contribution in [1.29, 1.82) is 0 Å². The lowest BCUT2D eigenvalue weighted by Crippen LogP contribution is -2.46. The van der Waals surface area contributed by atoms with Crippen LogP contribution >= 0.6 is 11.6 Å². The molecule has 1 unspecified atom stereocenters. The maximum absolute atomic E-state index is 12.9. The molecule has 1 aliphatic heterocycles. The molecule has 9 nitrogen and oxygen atoms in total. The van der Waals surface area contributed by atoms with E-state index < -0.39 is 22.2 Å². The van der Waals surface area contributed by atoms with Crippen molar-refractivity contribution in [3.63, 3.8) is 0 Å². The van der Waals surface area contributed by atoms with Gasteiger partial charge >= 0.3 is 12.1 Å². The molecule has 0 spiro atoms. The van der Waals surface area contributed by atoms with Gasteiger partial charge in [0.1, 0.15) is 0 Å². The largest absolute Gasteiger partial charge is 0.490 e. The van der Waals surface area contributed by atoms with Crippen LogP contribution in [0.25, 0.3) is 0 Å². The number of carboxylic acid groups (broad SMARTS) is 1. The Balaban J connectivity index is 0.000000673. The lowest BCUT2D eigenvalue weighted by atomic mass is 9.96. The predicted molar refractivity (Wildman–Crippen MR) is 139 cm³/mol. The minimum Gasteiger partial charge on any atom is -0.475 e. The fourth-order valence-electron chi connectivity index (χ4n) is 3.52. The van der Waals surface area contributed by atoms with E-state index in [9.17, 15) is 31.2 Å². The second kappa shape index (κ2) is 13.7. The predicted octanol–water partition coefficient (Wildman–Crippen LogP) is 4.40. The molecule has 0 bridgehead atoms. The number of carboxylic acids is 1. The van der Waals surface area contributed by atoms with E-state index in [-0.39, 0.29) is 22.6 Å². The SMILES string of the molecule is CC(C)CNC(=O)C1CCCN(C(=O)c2ccc(NS(=O)(=O)c3ccc(Cl)cc3)cc2)C1.O=C(O)C(F)(F)F. The number of hydrogen-bond donors (Lipinski definition) is 3. The molecule has 2 aromatic carbocycles. The molecule has 1 saturated heterocycles. The minimum atomic E-state index is -5.08. The highest BCUT2D eigenvalue weighted by atomic mass is 35.5. The van der Waals surface area contributed by atoms with Crippen molar-refractivity contribution >= 4 is 45.1 Å². The maximum Gasteiger partial charge on any atom is 0.490 e. The van der Waals surface area contributed by atoms with Crippen LogP contribution in [-0.2, 0) is 19.6 Å². The average molecular weight is 592 g/mol. The summed E-state index contributed by atoms with van der Waals surface area (Å²) in [6, 6.07) is 12.1. The van der Waals surface area contributed by atoms with Gasteiger partial charge < -0.3 is 15.3 Å². The summed E-state index contributed by atoms with van der Waals surface area (Å²) >= 11 is 5.81. The van der Waals surface area contributed by atoms with Gasteiger partial charge in [0.15, 0.2) is 0 Å². The van der Waals surface area contributed by atoms with Crippen molar-refractivity contribution in [2.24, 2.45) is 11.8 Å². The number of amides is 2. The molecule has 0 saturated carbocycles. The number of nitrogens with zero attached hydrogens (tertiary/aromatic N) is 1. The molecular weight excluding hydrogens is 563 g/mol. The fourth-order valence-corrected chi connectivity index (χ4v) is 4.70. The summed E-state index contributed by atoms with van der Waals surface area (Å²) in [5.41, 5.74) is 0.795. The topological polar surface area (TPSA) is 133 Å². The normalized spacial score (nSPS) is 15.7. The standard InChI is InChI=1S/C23H28ClN3O4S.C2HF3O2/c1-16(2)14-25-22(28)18-4-3-13-27(15-18)23(29)17-5-9-20(10-6-17)26-32(30,31)21-11-7-19(24)8-12-21;3-2(4,5)1(6)7/h5-12,16,18,26H,3-4,13-15H2,1-2H3,(H,25,28);(H,6,7). The Morgan fingerprint density at radius 3 is 2.15 bits per heavy atom. The molecule has 14 heteroatoms. The Morgan fingerprint density at radius 2 is 1.64 bits per heavy atom.